The summed E-state index contributed by atoms with van der Waals surface area (Å²) in [5.74, 6) is -3.57. The first-order chi connectivity index (χ1) is 17.1. The van der Waals surface area contributed by atoms with E-state index in [1.165, 1.54) is 42.5 Å². The number of carboxylic acid groups (broad SMARTS) is 2. The van der Waals surface area contributed by atoms with Crippen LogP contribution in [0.2, 0.25) is 0 Å². The summed E-state index contributed by atoms with van der Waals surface area (Å²) in [4.78, 5) is 22.0. The molecule has 6 N–H and O–H groups in total. The fraction of sp³-hybridized carbons (Fsp3) is 0.0769. The molecule has 0 radical (unpaired) electrons. The highest BCUT2D eigenvalue weighted by atomic mass is 16.6. The van der Waals surface area contributed by atoms with Crippen molar-refractivity contribution in [3.63, 3.8) is 0 Å². The number of aromatic hydroxyl groups is 4. The molecule has 0 aromatic heterocycles. The van der Waals surface area contributed by atoms with Gasteiger partial charge in [0.1, 0.15) is 0 Å². The van der Waals surface area contributed by atoms with Crippen LogP contribution < -0.4 is 9.47 Å². The lowest BCUT2D eigenvalue weighted by molar-refractivity contribution is -0.132. The maximum Gasteiger partial charge on any atom is 0.328 e. The van der Waals surface area contributed by atoms with Gasteiger partial charge in [0.05, 0.1) is 0 Å². The van der Waals surface area contributed by atoms with Crippen LogP contribution in [0, 0.1) is 0 Å². The number of hydrogen-bond donors (Lipinski definition) is 6. The molecule has 3 aromatic carbocycles. The van der Waals surface area contributed by atoms with Crippen LogP contribution in [-0.4, -0.2) is 42.6 Å². The van der Waals surface area contributed by atoms with Crippen LogP contribution in [0.25, 0.3) is 12.2 Å². The Hall–Kier alpha value is -5.12. The molecule has 1 aliphatic rings. The summed E-state index contributed by atoms with van der Waals surface area (Å²) in [5, 5.41) is 58.0. The van der Waals surface area contributed by atoms with Crippen molar-refractivity contribution >= 4 is 24.1 Å². The molecule has 0 spiro atoms. The van der Waals surface area contributed by atoms with Crippen molar-refractivity contribution in [2.75, 3.05) is 0 Å². The molecular formula is C26H20O10. The highest BCUT2D eigenvalue weighted by molar-refractivity contribution is 5.86. The molecule has 10 heteroatoms. The predicted octanol–water partition coefficient (Wildman–Crippen LogP) is 3.96. The van der Waals surface area contributed by atoms with E-state index >= 15 is 0 Å². The topological polar surface area (TPSA) is 174 Å². The molecule has 4 rings (SSSR count). The molecule has 0 amide bonds. The fourth-order valence-corrected chi connectivity index (χ4v) is 3.73. The summed E-state index contributed by atoms with van der Waals surface area (Å²) in [5.41, 5.74) is 1.37. The Labute approximate surface area is 203 Å². The Bertz CT molecular complexity index is 1410. The van der Waals surface area contributed by atoms with Gasteiger partial charge >= 0.3 is 11.9 Å². The third kappa shape index (κ3) is 5.02. The van der Waals surface area contributed by atoms with Gasteiger partial charge in [0.25, 0.3) is 0 Å². The summed E-state index contributed by atoms with van der Waals surface area (Å²) in [6, 6.07) is 11.1. The van der Waals surface area contributed by atoms with Gasteiger partial charge in [0.2, 0.25) is 0 Å². The zero-order chi connectivity index (χ0) is 26.0. The second-order valence-electron chi connectivity index (χ2n) is 7.84. The molecule has 184 valence electrons. The number of aliphatic carboxylic acids is 2. The van der Waals surface area contributed by atoms with Crippen molar-refractivity contribution in [3.8, 4) is 34.5 Å². The van der Waals surface area contributed by atoms with Gasteiger partial charge in [-0.05, 0) is 59.7 Å². The van der Waals surface area contributed by atoms with Crippen LogP contribution in [-0.2, 0) is 9.59 Å². The van der Waals surface area contributed by atoms with Crippen LogP contribution in [0.3, 0.4) is 0 Å². The second-order valence-corrected chi connectivity index (χ2v) is 7.84. The number of carbonyl (C=O) groups is 2. The van der Waals surface area contributed by atoms with E-state index in [2.05, 4.69) is 0 Å². The monoisotopic (exact) mass is 492 g/mol. The van der Waals surface area contributed by atoms with Gasteiger partial charge in [-0.2, -0.15) is 0 Å². The molecule has 3 aromatic rings. The van der Waals surface area contributed by atoms with E-state index in [9.17, 15) is 30.0 Å². The lowest BCUT2D eigenvalue weighted by Crippen LogP contribution is -2.27. The lowest BCUT2D eigenvalue weighted by atomic mass is 9.92. The smallest absolute Gasteiger partial charge is 0.328 e. The molecular weight excluding hydrogens is 472 g/mol. The Kier molecular flexibility index (Phi) is 6.42. The Morgan fingerprint density at radius 2 is 1.31 bits per heavy atom. The van der Waals surface area contributed by atoms with Gasteiger partial charge in [0.15, 0.2) is 46.7 Å². The molecule has 10 nitrogen and oxygen atoms in total. The number of carboxylic acids is 2. The van der Waals surface area contributed by atoms with Crippen LogP contribution >= 0.6 is 0 Å². The molecule has 0 bridgehead atoms. The molecule has 0 saturated carbocycles. The maximum absolute atomic E-state index is 11.1. The maximum atomic E-state index is 11.1. The summed E-state index contributed by atoms with van der Waals surface area (Å²) >= 11 is 0. The van der Waals surface area contributed by atoms with E-state index in [-0.39, 0.29) is 28.4 Å². The average molecular weight is 492 g/mol. The third-order valence-electron chi connectivity index (χ3n) is 5.39. The van der Waals surface area contributed by atoms with Crippen LogP contribution in [0.15, 0.2) is 60.7 Å². The molecule has 2 atom stereocenters. The Morgan fingerprint density at radius 3 is 2.00 bits per heavy atom. The molecule has 0 fully saturated rings. The van der Waals surface area contributed by atoms with E-state index in [1.807, 2.05) is 0 Å². The zero-order valence-corrected chi connectivity index (χ0v) is 18.4. The van der Waals surface area contributed by atoms with E-state index in [0.717, 1.165) is 12.2 Å². The fourth-order valence-electron chi connectivity index (χ4n) is 3.73. The molecule has 1 aliphatic heterocycles. The molecule has 0 saturated heterocycles. The Balaban J connectivity index is 1.86. The normalized spacial score (nSPS) is 16.9. The molecule has 36 heavy (non-hydrogen) atoms. The van der Waals surface area contributed by atoms with Crippen molar-refractivity contribution in [3.05, 3.63) is 82.9 Å². The molecule has 0 aliphatic carbocycles. The Morgan fingerprint density at radius 1 is 0.667 bits per heavy atom. The highest BCUT2D eigenvalue weighted by Crippen LogP contribution is 2.49. The van der Waals surface area contributed by atoms with Crippen molar-refractivity contribution in [1.29, 1.82) is 0 Å². The van der Waals surface area contributed by atoms with Crippen molar-refractivity contribution in [2.24, 2.45) is 0 Å². The lowest BCUT2D eigenvalue weighted by Gasteiger charge is -2.35. The SMILES string of the molecule is O=C(O)/C=C/c1ccc2c(c1)O[C@H](c1ccc(O)c(O)c1)[C@@H](c1cc(O)c(O)cc1/C=C/C(=O)O)O2. The second kappa shape index (κ2) is 9.63. The number of phenolic OH excluding ortho intramolecular Hbond substituents is 4. The number of phenols is 4. The van der Waals surface area contributed by atoms with Crippen LogP contribution in [0.5, 0.6) is 34.5 Å². The standard InChI is InChI=1S/C26H20O10/c27-17-5-3-15(11-18(17)28)25-26(16-12-20(30)19(29)10-14(16)4-8-24(33)34)35-21-6-1-13(2-7-23(31)32)9-22(21)36-25/h1-12,25-30H,(H,31,32)(H,33,34)/b7-2+,8-4+/t25-,26-/m1/s1. The van der Waals surface area contributed by atoms with Crippen molar-refractivity contribution < 1.29 is 49.7 Å². The number of ether oxygens (including phenoxy) is 2. The number of benzene rings is 3. The van der Waals surface area contributed by atoms with Gasteiger partial charge in [-0.25, -0.2) is 9.59 Å². The van der Waals surface area contributed by atoms with Gasteiger partial charge in [-0.3, -0.25) is 0 Å². The molecule has 0 unspecified atom stereocenters. The van der Waals surface area contributed by atoms with Crippen molar-refractivity contribution in [2.45, 2.75) is 12.2 Å². The quantitative estimate of drug-likeness (QED) is 0.218. The van der Waals surface area contributed by atoms with Crippen molar-refractivity contribution in [1.82, 2.24) is 0 Å². The first-order valence-electron chi connectivity index (χ1n) is 10.5. The summed E-state index contributed by atoms with van der Waals surface area (Å²) in [6.07, 6.45) is 2.41. The third-order valence-corrected chi connectivity index (χ3v) is 5.39. The van der Waals surface area contributed by atoms with Gasteiger partial charge in [0, 0.05) is 23.3 Å². The van der Waals surface area contributed by atoms with E-state index in [0.29, 0.717) is 11.1 Å². The minimum Gasteiger partial charge on any atom is -0.504 e. The van der Waals surface area contributed by atoms with Gasteiger partial charge in [-0.1, -0.05) is 12.1 Å². The highest BCUT2D eigenvalue weighted by Gasteiger charge is 2.36. The minimum atomic E-state index is -1.23. The van der Waals surface area contributed by atoms with E-state index in [1.54, 1.807) is 18.2 Å². The minimum absolute atomic E-state index is 0.221. The average Bonchev–Trinajstić information content (AvgIpc) is 2.84. The van der Waals surface area contributed by atoms with Gasteiger partial charge in [-0.15, -0.1) is 0 Å². The first-order valence-corrected chi connectivity index (χ1v) is 10.5. The van der Waals surface area contributed by atoms with Crippen LogP contribution in [0.1, 0.15) is 34.5 Å². The van der Waals surface area contributed by atoms with E-state index in [4.69, 9.17) is 19.7 Å². The number of fused-ring (bicyclic) bond motifs is 1. The predicted molar refractivity (Wildman–Crippen MR) is 126 cm³/mol. The number of hydrogen-bond acceptors (Lipinski definition) is 8. The van der Waals surface area contributed by atoms with Crippen LogP contribution in [0.4, 0.5) is 0 Å². The zero-order valence-electron chi connectivity index (χ0n) is 18.4. The molecule has 1 heterocycles. The number of rotatable bonds is 6. The summed E-state index contributed by atoms with van der Waals surface area (Å²) < 4.78 is 12.4. The first kappa shape index (κ1) is 24.0. The van der Waals surface area contributed by atoms with E-state index < -0.39 is 41.4 Å². The van der Waals surface area contributed by atoms with Gasteiger partial charge < -0.3 is 40.1 Å². The summed E-state index contributed by atoms with van der Waals surface area (Å²) in [6.45, 7) is 0. The largest absolute Gasteiger partial charge is 0.504 e. The summed E-state index contributed by atoms with van der Waals surface area (Å²) in [7, 11) is 0.